The Morgan fingerprint density at radius 1 is 0.917 bits per heavy atom. The summed E-state index contributed by atoms with van der Waals surface area (Å²) in [6.45, 7) is 11.6. The Bertz CT molecular complexity index is 825. The number of nitro benzene ring substituents is 1. The van der Waals surface area contributed by atoms with Crippen LogP contribution in [0.25, 0.3) is 0 Å². The van der Waals surface area contributed by atoms with E-state index in [1.165, 1.54) is 11.6 Å². The summed E-state index contributed by atoms with van der Waals surface area (Å²) >= 11 is 0. The zero-order valence-corrected chi connectivity index (χ0v) is 14.9. The maximum absolute atomic E-state index is 12.8. The molecule has 0 heterocycles. The molecule has 126 valence electrons. The third-order valence-corrected chi connectivity index (χ3v) is 4.83. The number of aryl methyl sites for hydroxylation is 1. The second-order valence-electron chi connectivity index (χ2n) is 6.23. The molecule has 0 saturated heterocycles. The molecule has 0 aliphatic rings. The van der Waals surface area contributed by atoms with Gasteiger partial charge in [0.15, 0.2) is 0 Å². The Labute approximate surface area is 141 Å². The third-order valence-electron chi connectivity index (χ3n) is 4.83. The SMILES string of the molecule is Cc1ccc(NC(=O)c2c(C)c(C)c(C)c(C)c2C)c([N+](=O)[O-])c1. The van der Waals surface area contributed by atoms with Crippen molar-refractivity contribution in [2.75, 3.05) is 5.32 Å². The van der Waals surface area contributed by atoms with Crippen molar-refractivity contribution < 1.29 is 9.72 Å². The average molecular weight is 326 g/mol. The van der Waals surface area contributed by atoms with Crippen molar-refractivity contribution in [3.8, 4) is 0 Å². The van der Waals surface area contributed by atoms with Gasteiger partial charge in [0.05, 0.1) is 4.92 Å². The normalized spacial score (nSPS) is 10.6. The predicted octanol–water partition coefficient (Wildman–Crippen LogP) is 4.70. The summed E-state index contributed by atoms with van der Waals surface area (Å²) in [5, 5.41) is 13.9. The Morgan fingerprint density at radius 2 is 1.42 bits per heavy atom. The molecule has 2 aromatic rings. The van der Waals surface area contributed by atoms with Crippen molar-refractivity contribution in [2.24, 2.45) is 0 Å². The summed E-state index contributed by atoms with van der Waals surface area (Å²) in [5.74, 6) is -0.317. The Morgan fingerprint density at radius 3 is 1.92 bits per heavy atom. The van der Waals surface area contributed by atoms with Gasteiger partial charge in [0.2, 0.25) is 0 Å². The second kappa shape index (κ2) is 6.43. The van der Waals surface area contributed by atoms with E-state index in [1.807, 2.05) is 34.6 Å². The molecule has 0 aromatic heterocycles. The fourth-order valence-electron chi connectivity index (χ4n) is 2.92. The third kappa shape index (κ3) is 3.02. The second-order valence-corrected chi connectivity index (χ2v) is 6.23. The number of hydrogen-bond acceptors (Lipinski definition) is 3. The van der Waals surface area contributed by atoms with E-state index < -0.39 is 4.92 Å². The smallest absolute Gasteiger partial charge is 0.293 e. The molecule has 0 spiro atoms. The lowest BCUT2D eigenvalue weighted by Crippen LogP contribution is -2.18. The average Bonchev–Trinajstić information content (AvgIpc) is 2.52. The van der Waals surface area contributed by atoms with Crippen LogP contribution in [0.1, 0.15) is 43.7 Å². The Hall–Kier alpha value is -2.69. The van der Waals surface area contributed by atoms with Gasteiger partial charge in [-0.25, -0.2) is 0 Å². The minimum atomic E-state index is -0.478. The number of carbonyl (C=O) groups is 1. The molecular weight excluding hydrogens is 304 g/mol. The number of benzene rings is 2. The molecule has 5 nitrogen and oxygen atoms in total. The van der Waals surface area contributed by atoms with Crippen molar-refractivity contribution in [1.29, 1.82) is 0 Å². The Kier molecular flexibility index (Phi) is 4.73. The van der Waals surface area contributed by atoms with Crippen LogP contribution in [0.2, 0.25) is 0 Å². The quantitative estimate of drug-likeness (QED) is 0.656. The van der Waals surface area contributed by atoms with Crippen LogP contribution in [0.3, 0.4) is 0 Å². The maximum Gasteiger partial charge on any atom is 0.293 e. The van der Waals surface area contributed by atoms with E-state index in [2.05, 4.69) is 5.32 Å². The summed E-state index contributed by atoms with van der Waals surface area (Å²) < 4.78 is 0. The topological polar surface area (TPSA) is 72.2 Å². The van der Waals surface area contributed by atoms with Crippen LogP contribution in [0.5, 0.6) is 0 Å². The molecule has 2 aromatic carbocycles. The van der Waals surface area contributed by atoms with Crippen LogP contribution < -0.4 is 5.32 Å². The number of carbonyl (C=O) groups excluding carboxylic acids is 1. The molecule has 0 radical (unpaired) electrons. The minimum Gasteiger partial charge on any atom is -0.316 e. The molecule has 24 heavy (non-hydrogen) atoms. The van der Waals surface area contributed by atoms with Gasteiger partial charge in [0.1, 0.15) is 5.69 Å². The van der Waals surface area contributed by atoms with E-state index in [0.717, 1.165) is 27.8 Å². The fourth-order valence-corrected chi connectivity index (χ4v) is 2.92. The van der Waals surface area contributed by atoms with E-state index in [0.29, 0.717) is 5.56 Å². The highest BCUT2D eigenvalue weighted by atomic mass is 16.6. The summed E-state index contributed by atoms with van der Waals surface area (Å²) in [6, 6.07) is 4.78. The molecule has 0 atom stereocenters. The first-order valence-electron chi connectivity index (χ1n) is 7.78. The number of rotatable bonds is 3. The van der Waals surface area contributed by atoms with Crippen molar-refractivity contribution in [2.45, 2.75) is 41.5 Å². The van der Waals surface area contributed by atoms with Gasteiger partial charge >= 0.3 is 0 Å². The van der Waals surface area contributed by atoms with Crippen LogP contribution in [-0.2, 0) is 0 Å². The molecule has 0 aliphatic heterocycles. The van der Waals surface area contributed by atoms with Gasteiger partial charge in [-0.15, -0.1) is 0 Å². The largest absolute Gasteiger partial charge is 0.316 e. The standard InChI is InChI=1S/C19H22N2O3/c1-10-7-8-16(17(9-10)21(23)24)20-19(22)18-14(5)12(3)11(2)13(4)15(18)6/h7-9H,1-6H3,(H,20,22). The molecular formula is C19H22N2O3. The fraction of sp³-hybridized carbons (Fsp3) is 0.316. The van der Waals surface area contributed by atoms with E-state index in [-0.39, 0.29) is 17.3 Å². The van der Waals surface area contributed by atoms with E-state index >= 15 is 0 Å². The summed E-state index contributed by atoms with van der Waals surface area (Å²) in [4.78, 5) is 23.6. The van der Waals surface area contributed by atoms with Crippen molar-refractivity contribution >= 4 is 17.3 Å². The summed E-state index contributed by atoms with van der Waals surface area (Å²) in [5.41, 5.74) is 6.60. The van der Waals surface area contributed by atoms with E-state index in [9.17, 15) is 14.9 Å². The number of anilines is 1. The molecule has 1 N–H and O–H groups in total. The van der Waals surface area contributed by atoms with Crippen LogP contribution in [0, 0.1) is 51.7 Å². The molecule has 0 bridgehead atoms. The van der Waals surface area contributed by atoms with Crippen LogP contribution in [0.4, 0.5) is 11.4 Å². The molecule has 0 fully saturated rings. The number of amides is 1. The summed E-state index contributed by atoms with van der Waals surface area (Å²) in [7, 11) is 0. The highest BCUT2D eigenvalue weighted by Gasteiger charge is 2.21. The van der Waals surface area contributed by atoms with Crippen LogP contribution >= 0.6 is 0 Å². The van der Waals surface area contributed by atoms with Gasteiger partial charge in [0, 0.05) is 11.6 Å². The molecule has 2 rings (SSSR count). The molecule has 1 amide bonds. The van der Waals surface area contributed by atoms with Gasteiger partial charge in [-0.1, -0.05) is 6.07 Å². The van der Waals surface area contributed by atoms with Crippen LogP contribution in [-0.4, -0.2) is 10.8 Å². The predicted molar refractivity (Wildman–Crippen MR) is 95.9 cm³/mol. The van der Waals surface area contributed by atoms with Gasteiger partial charge in [-0.3, -0.25) is 14.9 Å². The summed E-state index contributed by atoms with van der Waals surface area (Å²) in [6.07, 6.45) is 0. The first-order chi connectivity index (χ1) is 11.1. The van der Waals surface area contributed by atoms with Gasteiger partial charge in [-0.05, 0) is 81.0 Å². The zero-order chi connectivity index (χ0) is 18.2. The van der Waals surface area contributed by atoms with Crippen LogP contribution in [0.15, 0.2) is 18.2 Å². The lowest BCUT2D eigenvalue weighted by atomic mass is 9.89. The first kappa shape index (κ1) is 17.7. The van der Waals surface area contributed by atoms with Crippen molar-refractivity contribution in [3.05, 3.63) is 67.3 Å². The maximum atomic E-state index is 12.8. The molecule has 0 saturated carbocycles. The molecule has 0 aliphatic carbocycles. The van der Waals surface area contributed by atoms with Crippen molar-refractivity contribution in [1.82, 2.24) is 0 Å². The number of hydrogen-bond donors (Lipinski definition) is 1. The highest BCUT2D eigenvalue weighted by Crippen LogP contribution is 2.29. The minimum absolute atomic E-state index is 0.0980. The van der Waals surface area contributed by atoms with Gasteiger partial charge in [-0.2, -0.15) is 0 Å². The first-order valence-corrected chi connectivity index (χ1v) is 7.78. The van der Waals surface area contributed by atoms with Gasteiger partial charge in [0.25, 0.3) is 11.6 Å². The lowest BCUT2D eigenvalue weighted by Gasteiger charge is -2.18. The number of nitrogens with one attached hydrogen (secondary N) is 1. The monoisotopic (exact) mass is 326 g/mol. The lowest BCUT2D eigenvalue weighted by molar-refractivity contribution is -0.384. The highest BCUT2D eigenvalue weighted by molar-refractivity contribution is 6.07. The number of nitrogens with zero attached hydrogens (tertiary/aromatic N) is 1. The van der Waals surface area contributed by atoms with Crippen molar-refractivity contribution in [3.63, 3.8) is 0 Å². The molecule has 0 unspecified atom stereocenters. The number of nitro groups is 1. The molecule has 5 heteroatoms. The van der Waals surface area contributed by atoms with E-state index in [1.54, 1.807) is 19.1 Å². The zero-order valence-electron chi connectivity index (χ0n) is 14.9. The Balaban J connectivity index is 2.51. The van der Waals surface area contributed by atoms with E-state index in [4.69, 9.17) is 0 Å². The van der Waals surface area contributed by atoms with Gasteiger partial charge < -0.3 is 5.32 Å².